The van der Waals surface area contributed by atoms with Gasteiger partial charge in [0.15, 0.2) is 0 Å². The molecule has 0 radical (unpaired) electrons. The van der Waals surface area contributed by atoms with Gasteiger partial charge in [-0.1, -0.05) is 0 Å². The van der Waals surface area contributed by atoms with Crippen LogP contribution in [0, 0.1) is 17.2 Å². The molecule has 1 aliphatic rings. The van der Waals surface area contributed by atoms with Gasteiger partial charge in [0.1, 0.15) is 6.07 Å². The third-order valence-electron chi connectivity index (χ3n) is 2.84. The molecule has 2 rings (SSSR count). The van der Waals surface area contributed by atoms with Crippen molar-refractivity contribution in [3.8, 4) is 6.07 Å². The Morgan fingerprint density at radius 2 is 2.47 bits per heavy atom. The van der Waals surface area contributed by atoms with E-state index in [2.05, 4.69) is 16.0 Å². The Labute approximate surface area is 89.3 Å². The van der Waals surface area contributed by atoms with Crippen molar-refractivity contribution in [3.63, 3.8) is 0 Å². The average molecular weight is 202 g/mol. The highest BCUT2D eigenvalue weighted by Crippen LogP contribution is 2.22. The SMILES string of the molecule is N#Cc1cncc(N2CCC(CN)C2)c1. The average Bonchev–Trinajstić information content (AvgIpc) is 2.78. The van der Waals surface area contributed by atoms with Gasteiger partial charge >= 0.3 is 0 Å². The molecule has 0 amide bonds. The van der Waals surface area contributed by atoms with Crippen LogP contribution in [0.4, 0.5) is 5.69 Å². The van der Waals surface area contributed by atoms with Gasteiger partial charge < -0.3 is 10.6 Å². The third kappa shape index (κ3) is 2.08. The summed E-state index contributed by atoms with van der Waals surface area (Å²) >= 11 is 0. The van der Waals surface area contributed by atoms with E-state index in [-0.39, 0.29) is 0 Å². The molecule has 0 aliphatic carbocycles. The van der Waals surface area contributed by atoms with Gasteiger partial charge in [-0.15, -0.1) is 0 Å². The van der Waals surface area contributed by atoms with Gasteiger partial charge in [0.25, 0.3) is 0 Å². The molecule has 2 N–H and O–H groups in total. The zero-order valence-electron chi connectivity index (χ0n) is 8.56. The Morgan fingerprint density at radius 3 is 3.13 bits per heavy atom. The molecule has 15 heavy (non-hydrogen) atoms. The molecular formula is C11H14N4. The summed E-state index contributed by atoms with van der Waals surface area (Å²) in [4.78, 5) is 6.30. The quantitative estimate of drug-likeness (QED) is 0.768. The molecule has 1 fully saturated rings. The number of nitrogens with two attached hydrogens (primary N) is 1. The standard InChI is InChI=1S/C11H14N4/c12-4-9-1-2-15(8-9)11-3-10(5-13)6-14-7-11/h3,6-7,9H,1-2,4,8,12H2. The molecule has 1 saturated heterocycles. The number of hydrogen-bond acceptors (Lipinski definition) is 4. The van der Waals surface area contributed by atoms with E-state index in [9.17, 15) is 0 Å². The summed E-state index contributed by atoms with van der Waals surface area (Å²) in [5.74, 6) is 0.579. The Morgan fingerprint density at radius 1 is 1.60 bits per heavy atom. The maximum absolute atomic E-state index is 8.77. The van der Waals surface area contributed by atoms with Crippen molar-refractivity contribution in [1.29, 1.82) is 5.26 Å². The van der Waals surface area contributed by atoms with Crippen molar-refractivity contribution in [2.75, 3.05) is 24.5 Å². The van der Waals surface area contributed by atoms with Crippen molar-refractivity contribution >= 4 is 5.69 Å². The van der Waals surface area contributed by atoms with E-state index in [4.69, 9.17) is 11.0 Å². The van der Waals surface area contributed by atoms with Crippen LogP contribution in [0.3, 0.4) is 0 Å². The molecule has 1 aliphatic heterocycles. The summed E-state index contributed by atoms with van der Waals surface area (Å²) < 4.78 is 0. The molecule has 0 spiro atoms. The van der Waals surface area contributed by atoms with Crippen LogP contribution in [0.2, 0.25) is 0 Å². The highest BCUT2D eigenvalue weighted by Gasteiger charge is 2.21. The van der Waals surface area contributed by atoms with Crippen LogP contribution in [0.15, 0.2) is 18.5 Å². The highest BCUT2D eigenvalue weighted by atomic mass is 15.2. The molecule has 1 unspecified atom stereocenters. The van der Waals surface area contributed by atoms with Crippen LogP contribution in [0.5, 0.6) is 0 Å². The largest absolute Gasteiger partial charge is 0.370 e. The van der Waals surface area contributed by atoms with Crippen LogP contribution in [-0.4, -0.2) is 24.6 Å². The fraction of sp³-hybridized carbons (Fsp3) is 0.455. The van der Waals surface area contributed by atoms with Gasteiger partial charge in [0.05, 0.1) is 17.4 Å². The summed E-state index contributed by atoms with van der Waals surface area (Å²) in [5.41, 5.74) is 7.28. The molecule has 1 atom stereocenters. The number of anilines is 1. The number of hydrogen-bond donors (Lipinski definition) is 1. The Hall–Kier alpha value is -1.60. The Bertz CT molecular complexity index is 382. The maximum atomic E-state index is 8.77. The second-order valence-electron chi connectivity index (χ2n) is 3.88. The number of nitriles is 1. The first-order chi connectivity index (χ1) is 7.33. The van der Waals surface area contributed by atoms with Crippen LogP contribution in [0.25, 0.3) is 0 Å². The summed E-state index contributed by atoms with van der Waals surface area (Å²) in [6.45, 7) is 2.73. The van der Waals surface area contributed by atoms with E-state index in [1.807, 2.05) is 6.07 Å². The number of pyridine rings is 1. The molecule has 4 heteroatoms. The molecule has 1 aromatic rings. The minimum absolute atomic E-state index is 0.579. The third-order valence-corrected chi connectivity index (χ3v) is 2.84. The molecule has 0 bridgehead atoms. The van der Waals surface area contributed by atoms with Crippen LogP contribution in [0.1, 0.15) is 12.0 Å². The smallest absolute Gasteiger partial charge is 0.101 e. The Kier molecular flexibility index (Phi) is 2.84. The topological polar surface area (TPSA) is 65.9 Å². The zero-order chi connectivity index (χ0) is 10.7. The lowest BCUT2D eigenvalue weighted by Gasteiger charge is -2.17. The summed E-state index contributed by atoms with van der Waals surface area (Å²) in [6, 6.07) is 3.98. The monoisotopic (exact) mass is 202 g/mol. The minimum Gasteiger partial charge on any atom is -0.370 e. The van der Waals surface area contributed by atoms with E-state index in [0.717, 1.165) is 31.7 Å². The zero-order valence-corrected chi connectivity index (χ0v) is 8.56. The molecular weight excluding hydrogens is 188 g/mol. The fourth-order valence-corrected chi connectivity index (χ4v) is 1.92. The van der Waals surface area contributed by atoms with E-state index in [1.54, 1.807) is 12.4 Å². The van der Waals surface area contributed by atoms with Crippen molar-refractivity contribution in [2.45, 2.75) is 6.42 Å². The van der Waals surface area contributed by atoms with Gasteiger partial charge in [-0.05, 0) is 24.9 Å². The maximum Gasteiger partial charge on any atom is 0.101 e. The van der Waals surface area contributed by atoms with Gasteiger partial charge in [-0.25, -0.2) is 0 Å². The van der Waals surface area contributed by atoms with Crippen molar-refractivity contribution in [2.24, 2.45) is 11.7 Å². The first-order valence-corrected chi connectivity index (χ1v) is 5.13. The lowest BCUT2D eigenvalue weighted by Crippen LogP contribution is -2.22. The number of aromatic nitrogens is 1. The molecule has 1 aromatic heterocycles. The fourth-order valence-electron chi connectivity index (χ4n) is 1.92. The van der Waals surface area contributed by atoms with Gasteiger partial charge in [-0.2, -0.15) is 5.26 Å². The minimum atomic E-state index is 0.579. The molecule has 0 saturated carbocycles. The lowest BCUT2D eigenvalue weighted by molar-refractivity contribution is 0.602. The normalized spacial score (nSPS) is 20.3. The second kappa shape index (κ2) is 4.28. The first-order valence-electron chi connectivity index (χ1n) is 5.13. The first kappa shape index (κ1) is 9.94. The molecule has 0 aromatic carbocycles. The van der Waals surface area contributed by atoms with E-state index in [1.165, 1.54) is 0 Å². The van der Waals surface area contributed by atoms with Gasteiger partial charge in [-0.3, -0.25) is 4.98 Å². The van der Waals surface area contributed by atoms with Crippen LogP contribution in [-0.2, 0) is 0 Å². The van der Waals surface area contributed by atoms with Crippen molar-refractivity contribution in [3.05, 3.63) is 24.0 Å². The van der Waals surface area contributed by atoms with Gasteiger partial charge in [0, 0.05) is 19.3 Å². The van der Waals surface area contributed by atoms with Crippen LogP contribution < -0.4 is 10.6 Å². The van der Waals surface area contributed by atoms with Crippen molar-refractivity contribution in [1.82, 2.24) is 4.98 Å². The predicted octanol–water partition coefficient (Wildman–Crippen LogP) is 0.738. The number of nitrogens with zero attached hydrogens (tertiary/aromatic N) is 3. The second-order valence-corrected chi connectivity index (χ2v) is 3.88. The molecule has 4 nitrogen and oxygen atoms in total. The van der Waals surface area contributed by atoms with Gasteiger partial charge in [0.2, 0.25) is 0 Å². The number of rotatable bonds is 2. The molecule has 78 valence electrons. The lowest BCUT2D eigenvalue weighted by atomic mass is 10.1. The van der Waals surface area contributed by atoms with Crippen molar-refractivity contribution < 1.29 is 0 Å². The Balaban J connectivity index is 2.14. The highest BCUT2D eigenvalue weighted by molar-refractivity contribution is 5.49. The summed E-state index contributed by atoms with van der Waals surface area (Å²) in [5, 5.41) is 8.77. The van der Waals surface area contributed by atoms with E-state index in [0.29, 0.717) is 11.5 Å². The predicted molar refractivity (Wildman–Crippen MR) is 58.3 cm³/mol. The summed E-state index contributed by atoms with van der Waals surface area (Å²) in [7, 11) is 0. The van der Waals surface area contributed by atoms with E-state index >= 15 is 0 Å². The molecule has 2 heterocycles. The summed E-state index contributed by atoms with van der Waals surface area (Å²) in [6.07, 6.45) is 4.52. The van der Waals surface area contributed by atoms with Crippen LogP contribution >= 0.6 is 0 Å². The van der Waals surface area contributed by atoms with E-state index < -0.39 is 0 Å².